The molecule has 2 amide bonds. The number of H-pyrrole nitrogens is 1. The van der Waals surface area contributed by atoms with E-state index in [1.54, 1.807) is 55.6 Å². The number of halogens is 2. The zero-order valence-electron chi connectivity index (χ0n) is 16.9. The Kier molecular flexibility index (Phi) is 5.80. The molecule has 0 unspecified atom stereocenters. The summed E-state index contributed by atoms with van der Waals surface area (Å²) in [6.07, 6.45) is -2.72. The number of aromatic amines is 1. The normalized spacial score (nSPS) is 10.9. The number of fused-ring (bicyclic) bond motifs is 1. The fourth-order valence-electron chi connectivity index (χ4n) is 3.06. The number of amides is 2. The number of benzene rings is 3. The predicted molar refractivity (Wildman–Crippen MR) is 116 cm³/mol. The Morgan fingerprint density at radius 2 is 1.44 bits per heavy atom. The van der Waals surface area contributed by atoms with E-state index in [1.165, 1.54) is 18.2 Å². The van der Waals surface area contributed by atoms with Gasteiger partial charge >= 0.3 is 0 Å². The number of alkyl halides is 2. The molecule has 0 atom stereocenters. The number of imidazole rings is 1. The highest BCUT2D eigenvalue weighted by Crippen LogP contribution is 2.21. The van der Waals surface area contributed by atoms with Crippen molar-refractivity contribution < 1.29 is 23.1 Å². The van der Waals surface area contributed by atoms with Gasteiger partial charge in [0.05, 0.1) is 18.1 Å². The van der Waals surface area contributed by atoms with E-state index < -0.39 is 18.2 Å². The lowest BCUT2D eigenvalue weighted by molar-refractivity contribution is 0.102. The van der Waals surface area contributed by atoms with Crippen LogP contribution >= 0.6 is 0 Å². The number of rotatable bonds is 6. The number of anilines is 2. The van der Waals surface area contributed by atoms with Crippen molar-refractivity contribution in [3.63, 3.8) is 0 Å². The number of carbonyl (C=O) groups is 2. The van der Waals surface area contributed by atoms with Crippen LogP contribution in [0, 0.1) is 0 Å². The molecular weight excluding hydrogens is 418 g/mol. The molecule has 1 heterocycles. The van der Waals surface area contributed by atoms with E-state index in [9.17, 15) is 18.4 Å². The lowest BCUT2D eigenvalue weighted by Crippen LogP contribution is -2.13. The van der Waals surface area contributed by atoms with E-state index >= 15 is 0 Å². The second-order valence-electron chi connectivity index (χ2n) is 6.87. The molecule has 0 radical (unpaired) electrons. The van der Waals surface area contributed by atoms with Crippen molar-refractivity contribution in [1.29, 1.82) is 0 Å². The Labute approximate surface area is 181 Å². The minimum absolute atomic E-state index is 0.281. The predicted octanol–water partition coefficient (Wildman–Crippen LogP) is 5.01. The molecule has 4 aromatic rings. The van der Waals surface area contributed by atoms with Gasteiger partial charge in [0.2, 0.25) is 0 Å². The Hall–Kier alpha value is -4.27. The number of aromatic nitrogens is 2. The van der Waals surface area contributed by atoms with Crippen LogP contribution in [0.3, 0.4) is 0 Å². The van der Waals surface area contributed by atoms with E-state index in [4.69, 9.17) is 4.74 Å². The summed E-state index contributed by atoms with van der Waals surface area (Å²) < 4.78 is 30.7. The Bertz CT molecular complexity index is 1270. The van der Waals surface area contributed by atoms with Crippen molar-refractivity contribution >= 4 is 34.2 Å². The molecule has 4 rings (SSSR count). The third kappa shape index (κ3) is 4.56. The molecule has 1 aromatic heterocycles. The number of methoxy groups -OCH3 is 1. The summed E-state index contributed by atoms with van der Waals surface area (Å²) in [4.78, 5) is 31.2. The molecule has 7 nitrogen and oxygen atoms in total. The molecule has 0 aliphatic heterocycles. The maximum atomic E-state index is 12.8. The minimum Gasteiger partial charge on any atom is -0.497 e. The van der Waals surface area contributed by atoms with Gasteiger partial charge in [-0.05, 0) is 66.7 Å². The maximum Gasteiger partial charge on any atom is 0.295 e. The van der Waals surface area contributed by atoms with E-state index in [2.05, 4.69) is 20.6 Å². The molecule has 3 aromatic carbocycles. The topological polar surface area (TPSA) is 96.1 Å². The van der Waals surface area contributed by atoms with Crippen LogP contribution in [0.4, 0.5) is 20.2 Å². The van der Waals surface area contributed by atoms with Crippen LogP contribution in [-0.2, 0) is 0 Å². The van der Waals surface area contributed by atoms with Crippen LogP contribution in [0.1, 0.15) is 33.0 Å². The second kappa shape index (κ2) is 8.84. The van der Waals surface area contributed by atoms with Crippen molar-refractivity contribution in [3.05, 3.63) is 83.7 Å². The number of nitrogens with one attached hydrogen (secondary N) is 3. The largest absolute Gasteiger partial charge is 0.497 e. The first-order chi connectivity index (χ1) is 15.4. The van der Waals surface area contributed by atoms with Gasteiger partial charge in [0.25, 0.3) is 18.2 Å². The van der Waals surface area contributed by atoms with Crippen LogP contribution in [0.2, 0.25) is 0 Å². The number of ether oxygens (including phenoxy) is 1. The van der Waals surface area contributed by atoms with E-state index in [0.717, 1.165) is 0 Å². The quantitative estimate of drug-likeness (QED) is 0.396. The zero-order chi connectivity index (χ0) is 22.7. The molecule has 3 N–H and O–H groups in total. The molecule has 0 aliphatic rings. The first kappa shape index (κ1) is 21.0. The number of carbonyl (C=O) groups excluding carboxylic acids is 2. The third-order valence-electron chi connectivity index (χ3n) is 4.72. The molecule has 32 heavy (non-hydrogen) atoms. The lowest BCUT2D eigenvalue weighted by atomic mass is 10.1. The van der Waals surface area contributed by atoms with Crippen molar-refractivity contribution in [2.75, 3.05) is 17.7 Å². The highest BCUT2D eigenvalue weighted by molar-refractivity contribution is 6.07. The van der Waals surface area contributed by atoms with Gasteiger partial charge in [-0.1, -0.05) is 0 Å². The second-order valence-corrected chi connectivity index (χ2v) is 6.87. The molecule has 0 saturated heterocycles. The van der Waals surface area contributed by atoms with Crippen LogP contribution in [-0.4, -0.2) is 28.9 Å². The molecular formula is C23H18F2N4O3. The fourth-order valence-corrected chi connectivity index (χ4v) is 3.06. The Morgan fingerprint density at radius 1 is 0.875 bits per heavy atom. The van der Waals surface area contributed by atoms with Gasteiger partial charge in [-0.25, -0.2) is 13.8 Å². The highest BCUT2D eigenvalue weighted by atomic mass is 19.3. The van der Waals surface area contributed by atoms with Gasteiger partial charge in [-0.3, -0.25) is 9.59 Å². The van der Waals surface area contributed by atoms with Crippen molar-refractivity contribution in [3.8, 4) is 5.75 Å². The van der Waals surface area contributed by atoms with Gasteiger partial charge < -0.3 is 20.4 Å². The summed E-state index contributed by atoms with van der Waals surface area (Å²) in [5.41, 5.74) is 2.49. The molecule has 0 spiro atoms. The number of nitrogens with zero attached hydrogens (tertiary/aromatic N) is 1. The lowest BCUT2D eigenvalue weighted by Gasteiger charge is -2.08. The van der Waals surface area contributed by atoms with Crippen molar-refractivity contribution in [1.82, 2.24) is 9.97 Å². The standard InChI is InChI=1S/C23H18F2N4O3/c1-32-17-9-7-16(8-10-17)26-22(30)13-2-5-15(6-3-13)27-23(31)14-4-11-18-19(12-14)29-21(28-18)20(24)25/h2-12,20H,1H3,(H,26,30)(H,27,31)(H,28,29). The highest BCUT2D eigenvalue weighted by Gasteiger charge is 2.14. The minimum atomic E-state index is -2.72. The molecule has 162 valence electrons. The number of hydrogen-bond acceptors (Lipinski definition) is 4. The van der Waals surface area contributed by atoms with Gasteiger partial charge in [-0.15, -0.1) is 0 Å². The fraction of sp³-hybridized carbons (Fsp3) is 0.0870. The smallest absolute Gasteiger partial charge is 0.295 e. The monoisotopic (exact) mass is 436 g/mol. The van der Waals surface area contributed by atoms with Crippen LogP contribution < -0.4 is 15.4 Å². The number of hydrogen-bond donors (Lipinski definition) is 3. The summed E-state index contributed by atoms with van der Waals surface area (Å²) >= 11 is 0. The zero-order valence-corrected chi connectivity index (χ0v) is 16.9. The molecule has 0 saturated carbocycles. The first-order valence-electron chi connectivity index (χ1n) is 9.57. The third-order valence-corrected chi connectivity index (χ3v) is 4.72. The van der Waals surface area contributed by atoms with Gasteiger partial charge in [0.1, 0.15) is 5.75 Å². The SMILES string of the molecule is COc1ccc(NC(=O)c2ccc(NC(=O)c3ccc4nc(C(F)F)[nH]c4c3)cc2)cc1. The summed E-state index contributed by atoms with van der Waals surface area (Å²) in [6, 6.07) is 17.8. The van der Waals surface area contributed by atoms with Gasteiger partial charge in [-0.2, -0.15) is 0 Å². The van der Waals surface area contributed by atoms with E-state index in [-0.39, 0.29) is 11.5 Å². The van der Waals surface area contributed by atoms with Crippen LogP contribution in [0.5, 0.6) is 5.75 Å². The van der Waals surface area contributed by atoms with Crippen LogP contribution in [0.15, 0.2) is 66.7 Å². The Morgan fingerprint density at radius 3 is 2.03 bits per heavy atom. The summed E-state index contributed by atoms with van der Waals surface area (Å²) in [6.45, 7) is 0. The Balaban J connectivity index is 1.41. The molecule has 0 fully saturated rings. The summed E-state index contributed by atoms with van der Waals surface area (Å²) in [5, 5.41) is 5.49. The maximum absolute atomic E-state index is 12.8. The summed E-state index contributed by atoms with van der Waals surface area (Å²) in [7, 11) is 1.56. The van der Waals surface area contributed by atoms with E-state index in [0.29, 0.717) is 33.7 Å². The van der Waals surface area contributed by atoms with Gasteiger partial charge in [0.15, 0.2) is 5.82 Å². The first-order valence-corrected chi connectivity index (χ1v) is 9.57. The molecule has 0 bridgehead atoms. The molecule has 9 heteroatoms. The molecule has 0 aliphatic carbocycles. The van der Waals surface area contributed by atoms with Crippen molar-refractivity contribution in [2.24, 2.45) is 0 Å². The van der Waals surface area contributed by atoms with Gasteiger partial charge in [0, 0.05) is 22.5 Å². The van der Waals surface area contributed by atoms with Crippen LogP contribution in [0.25, 0.3) is 11.0 Å². The van der Waals surface area contributed by atoms with Crippen molar-refractivity contribution in [2.45, 2.75) is 6.43 Å². The summed E-state index contributed by atoms with van der Waals surface area (Å²) in [5.74, 6) is -0.478. The average Bonchev–Trinajstić information content (AvgIpc) is 3.24. The van der Waals surface area contributed by atoms with E-state index in [1.807, 2.05) is 0 Å². The average molecular weight is 436 g/mol.